The molecular weight excluding hydrogens is 819 g/mol. The summed E-state index contributed by atoms with van der Waals surface area (Å²) < 4.78 is 1.18. The van der Waals surface area contributed by atoms with Crippen molar-refractivity contribution in [1.29, 1.82) is 0 Å². The predicted molar refractivity (Wildman–Crippen MR) is 213 cm³/mol. The van der Waals surface area contributed by atoms with Gasteiger partial charge in [-0.2, -0.15) is 11.3 Å². The van der Waals surface area contributed by atoms with Crippen LogP contribution in [-0.2, 0) is 25.5 Å². The molecule has 1 radical (unpaired) electrons. The van der Waals surface area contributed by atoms with E-state index in [4.69, 9.17) is 9.97 Å². The van der Waals surface area contributed by atoms with Crippen LogP contribution in [0, 0.1) is 46.8 Å². The van der Waals surface area contributed by atoms with Crippen LogP contribution >= 0.6 is 11.3 Å². The Bertz CT molecular complexity index is 2490. The Morgan fingerprint density at radius 3 is 2.24 bits per heavy atom. The van der Waals surface area contributed by atoms with Gasteiger partial charge in [-0.15, -0.1) is 52.4 Å². The summed E-state index contributed by atoms with van der Waals surface area (Å²) in [6, 6.07) is 35.3. The van der Waals surface area contributed by atoms with Crippen molar-refractivity contribution in [2.24, 2.45) is 0 Å². The van der Waals surface area contributed by atoms with E-state index in [-0.39, 0.29) is 25.5 Å². The summed E-state index contributed by atoms with van der Waals surface area (Å²) in [7, 11) is 0. The van der Waals surface area contributed by atoms with Gasteiger partial charge in [0.1, 0.15) is 0 Å². The van der Waals surface area contributed by atoms with E-state index >= 15 is 0 Å². The Balaban J connectivity index is 0.000000222. The summed E-state index contributed by atoms with van der Waals surface area (Å²) in [5.74, 6) is 0. The van der Waals surface area contributed by atoms with Gasteiger partial charge in [0.25, 0.3) is 0 Å². The fraction of sp³-hybridized carbons (Fsp3) is 0.196. The third-order valence-electron chi connectivity index (χ3n) is 9.57. The first-order chi connectivity index (χ1) is 24.0. The number of aryl methyl sites for hydroxylation is 5. The summed E-state index contributed by atoms with van der Waals surface area (Å²) in [4.78, 5) is 14.1. The molecule has 3 nitrogen and oxygen atoms in total. The summed E-state index contributed by atoms with van der Waals surface area (Å²) in [6.45, 7) is 17.3. The minimum atomic E-state index is 0. The molecule has 0 N–H and O–H groups in total. The van der Waals surface area contributed by atoms with Gasteiger partial charge in [0, 0.05) is 49.9 Å². The fourth-order valence-electron chi connectivity index (χ4n) is 6.23. The second kappa shape index (κ2) is 14.6. The molecule has 0 fully saturated rings. The fourth-order valence-corrected chi connectivity index (χ4v) is 7.09. The standard InChI is InChI=1S/C31H25N2S.C15H16N.Ir/c1-19-14-26-27(17-23-11-13-34-30(23)29(26)33-18-19)28-25(6-5-12-32-28)22-8-7-21-16-24(31(2,3)4)10-9-20(21)15-22;1-10-5-6-14(7-11(10)2)15-8-12(3)13(4)9-16-15;/h5-16,18H,1-4H3;5,7-9H,1-4H3;/q2*-1;. The average molecular weight is 860 g/mol. The van der Waals surface area contributed by atoms with Gasteiger partial charge in [0.2, 0.25) is 0 Å². The van der Waals surface area contributed by atoms with Gasteiger partial charge in [-0.25, -0.2) is 0 Å². The molecule has 4 aromatic heterocycles. The Morgan fingerprint density at radius 2 is 1.47 bits per heavy atom. The van der Waals surface area contributed by atoms with Gasteiger partial charge in [0.15, 0.2) is 0 Å². The van der Waals surface area contributed by atoms with Crippen LogP contribution in [0.5, 0.6) is 0 Å². The van der Waals surface area contributed by atoms with Crippen LogP contribution in [0.15, 0.2) is 103 Å². The predicted octanol–water partition coefficient (Wildman–Crippen LogP) is 12.5. The van der Waals surface area contributed by atoms with Crippen molar-refractivity contribution in [2.45, 2.75) is 60.8 Å². The van der Waals surface area contributed by atoms with Crippen LogP contribution in [0.3, 0.4) is 0 Å². The molecule has 0 unspecified atom stereocenters. The number of nitrogens with zero attached hydrogens (tertiary/aromatic N) is 3. The molecule has 8 rings (SSSR count). The van der Waals surface area contributed by atoms with Crippen molar-refractivity contribution in [3.8, 4) is 33.6 Å². The molecule has 4 aromatic carbocycles. The molecule has 0 saturated heterocycles. The summed E-state index contributed by atoms with van der Waals surface area (Å²) in [5.41, 5.74) is 15.0. The van der Waals surface area contributed by atoms with Crippen LogP contribution in [0.4, 0.5) is 0 Å². The first kappa shape index (κ1) is 36.3. The molecule has 4 heterocycles. The molecule has 51 heavy (non-hydrogen) atoms. The van der Waals surface area contributed by atoms with Crippen LogP contribution in [-0.4, -0.2) is 15.0 Å². The number of hydrogen-bond acceptors (Lipinski definition) is 4. The molecule has 8 aromatic rings. The third kappa shape index (κ3) is 7.44. The Hall–Kier alpha value is -4.54. The molecule has 0 amide bonds. The zero-order valence-corrected chi connectivity index (χ0v) is 33.6. The van der Waals surface area contributed by atoms with Crippen molar-refractivity contribution in [3.63, 3.8) is 0 Å². The van der Waals surface area contributed by atoms with Crippen LogP contribution in [0.25, 0.3) is 65.4 Å². The molecule has 257 valence electrons. The maximum absolute atomic E-state index is 4.87. The number of aromatic nitrogens is 3. The van der Waals surface area contributed by atoms with Crippen molar-refractivity contribution in [1.82, 2.24) is 15.0 Å². The van der Waals surface area contributed by atoms with E-state index in [9.17, 15) is 0 Å². The zero-order chi connectivity index (χ0) is 35.2. The van der Waals surface area contributed by atoms with Gasteiger partial charge in [-0.1, -0.05) is 99.7 Å². The molecule has 0 saturated carbocycles. The molecular formula is C46H41IrN3S-2. The minimum Gasteiger partial charge on any atom is -0.304 e. The van der Waals surface area contributed by atoms with Gasteiger partial charge in [-0.05, 0) is 92.7 Å². The average Bonchev–Trinajstić information content (AvgIpc) is 3.59. The number of hydrogen-bond donors (Lipinski definition) is 0. The van der Waals surface area contributed by atoms with Crippen molar-refractivity contribution in [3.05, 3.63) is 148 Å². The van der Waals surface area contributed by atoms with Gasteiger partial charge >= 0.3 is 0 Å². The second-order valence-corrected chi connectivity index (χ2v) is 15.3. The van der Waals surface area contributed by atoms with Gasteiger partial charge in [-0.3, -0.25) is 9.97 Å². The van der Waals surface area contributed by atoms with Crippen molar-refractivity contribution >= 4 is 43.1 Å². The van der Waals surface area contributed by atoms with E-state index in [0.29, 0.717) is 0 Å². The van der Waals surface area contributed by atoms with Crippen molar-refractivity contribution < 1.29 is 20.1 Å². The maximum atomic E-state index is 4.87. The molecule has 0 bridgehead atoms. The number of fused-ring (bicyclic) bond motifs is 4. The normalized spacial score (nSPS) is 11.4. The maximum Gasteiger partial charge on any atom is 0.0283 e. The van der Waals surface area contributed by atoms with Crippen molar-refractivity contribution in [2.75, 3.05) is 0 Å². The zero-order valence-electron chi connectivity index (χ0n) is 30.4. The van der Waals surface area contributed by atoms with E-state index in [1.807, 2.05) is 30.7 Å². The van der Waals surface area contributed by atoms with E-state index in [1.54, 1.807) is 11.3 Å². The number of thiophene rings is 1. The largest absolute Gasteiger partial charge is 0.304 e. The van der Waals surface area contributed by atoms with E-state index in [2.05, 4.69) is 145 Å². The molecule has 0 atom stereocenters. The van der Waals surface area contributed by atoms with Crippen LogP contribution in [0.1, 0.15) is 54.2 Å². The molecule has 5 heteroatoms. The van der Waals surface area contributed by atoms with Crippen LogP contribution in [0.2, 0.25) is 0 Å². The first-order valence-electron chi connectivity index (χ1n) is 17.1. The Kier molecular flexibility index (Phi) is 10.4. The smallest absolute Gasteiger partial charge is 0.0283 e. The molecule has 0 spiro atoms. The van der Waals surface area contributed by atoms with Crippen LogP contribution < -0.4 is 0 Å². The van der Waals surface area contributed by atoms with E-state index in [0.717, 1.165) is 55.5 Å². The molecule has 0 aliphatic carbocycles. The Labute approximate surface area is 319 Å². The summed E-state index contributed by atoms with van der Waals surface area (Å²) >= 11 is 1.72. The SMILES string of the molecule is Cc1c[c-]c(-c2cc(C)c(C)cn2)cc1C.Cc1cnc2c(c1)c(-c1ncccc1-c1ccc3cc(C(C)(C)C)ccc3c1)[c-]c1ccsc12.[Ir]. The Morgan fingerprint density at radius 1 is 0.706 bits per heavy atom. The minimum absolute atomic E-state index is 0. The quantitative estimate of drug-likeness (QED) is 0.166. The number of benzene rings is 4. The topological polar surface area (TPSA) is 38.7 Å². The first-order valence-corrected chi connectivity index (χ1v) is 18.0. The van der Waals surface area contributed by atoms with Gasteiger partial charge < -0.3 is 4.98 Å². The van der Waals surface area contributed by atoms with E-state index < -0.39 is 0 Å². The van der Waals surface area contributed by atoms with Gasteiger partial charge in [0.05, 0.1) is 0 Å². The molecule has 0 aliphatic rings. The number of rotatable bonds is 3. The monoisotopic (exact) mass is 860 g/mol. The molecule has 0 aliphatic heterocycles. The summed E-state index contributed by atoms with van der Waals surface area (Å²) in [6.07, 6.45) is 5.74. The summed E-state index contributed by atoms with van der Waals surface area (Å²) in [5, 5.41) is 6.80. The van der Waals surface area contributed by atoms with E-state index in [1.165, 1.54) is 43.3 Å². The second-order valence-electron chi connectivity index (χ2n) is 14.4. The third-order valence-corrected chi connectivity index (χ3v) is 10.5. The number of pyridine rings is 3.